The number of halogens is 3. The molecule has 1 aromatic heterocycles. The molecule has 7 heteroatoms. The number of anilines is 1. The molecule has 1 aromatic carbocycles. The van der Waals surface area contributed by atoms with Gasteiger partial charge >= 0.3 is 0 Å². The van der Waals surface area contributed by atoms with Crippen molar-refractivity contribution in [1.82, 2.24) is 5.32 Å². The van der Waals surface area contributed by atoms with Crippen molar-refractivity contribution in [2.45, 2.75) is 6.54 Å². The van der Waals surface area contributed by atoms with Crippen molar-refractivity contribution >= 4 is 67.3 Å². The normalized spacial score (nSPS) is 13.3. The lowest BCUT2D eigenvalue weighted by Crippen LogP contribution is -2.38. The number of para-hydroxylation sites is 1. The van der Waals surface area contributed by atoms with Crippen LogP contribution in [0.25, 0.3) is 0 Å². The fraction of sp³-hybridized carbons (Fsp3) is 0.214. The third-order valence-corrected chi connectivity index (χ3v) is 5.15. The Morgan fingerprint density at radius 2 is 1.95 bits per heavy atom. The highest BCUT2D eigenvalue weighted by Gasteiger charge is 2.21. The summed E-state index contributed by atoms with van der Waals surface area (Å²) in [5.74, 6) is 0.936. The molecule has 0 amide bonds. The number of thiophene rings is 1. The highest BCUT2D eigenvalue weighted by molar-refractivity contribution is 9.11. The first-order valence-electron chi connectivity index (χ1n) is 6.28. The van der Waals surface area contributed by atoms with E-state index in [4.69, 9.17) is 0 Å². The van der Waals surface area contributed by atoms with Gasteiger partial charge < -0.3 is 10.2 Å². The Balaban J connectivity index is 0.00000161. The van der Waals surface area contributed by atoms with Gasteiger partial charge in [0.05, 0.1) is 18.8 Å². The number of benzene rings is 1. The molecule has 0 saturated heterocycles. The van der Waals surface area contributed by atoms with Crippen molar-refractivity contribution in [1.29, 1.82) is 0 Å². The van der Waals surface area contributed by atoms with Gasteiger partial charge in [0.2, 0.25) is 0 Å². The van der Waals surface area contributed by atoms with Gasteiger partial charge in [0.15, 0.2) is 5.96 Å². The van der Waals surface area contributed by atoms with Gasteiger partial charge in [-0.15, -0.1) is 23.7 Å². The molecule has 0 unspecified atom stereocenters. The Morgan fingerprint density at radius 1 is 1.19 bits per heavy atom. The minimum Gasteiger partial charge on any atom is -0.354 e. The van der Waals surface area contributed by atoms with Crippen LogP contribution in [-0.2, 0) is 6.54 Å². The largest absolute Gasteiger partial charge is 0.354 e. The topological polar surface area (TPSA) is 27.6 Å². The number of rotatable bonds is 3. The Morgan fingerprint density at radius 3 is 2.52 bits per heavy atom. The van der Waals surface area contributed by atoms with E-state index in [9.17, 15) is 0 Å². The van der Waals surface area contributed by atoms with Gasteiger partial charge in [-0.1, -0.05) is 12.1 Å². The molecule has 0 fully saturated rings. The molecule has 1 aliphatic heterocycles. The standard InChI is InChI=1S/C14H13Br2N3S.ClH/c15-11-4-1-5-12(16)13(11)19(14-17-6-7-18-14)9-10-3-2-8-20-10;/h1-5,8H,6-7,9H2,(H,17,18);1H. The highest BCUT2D eigenvalue weighted by atomic mass is 79.9. The smallest absolute Gasteiger partial charge is 0.199 e. The molecule has 0 radical (unpaired) electrons. The summed E-state index contributed by atoms with van der Waals surface area (Å²) in [6.45, 7) is 2.54. The average Bonchev–Trinajstić information content (AvgIpc) is 3.10. The molecular formula is C14H14Br2ClN3S. The predicted octanol–water partition coefficient (Wildman–Crippen LogP) is 4.66. The van der Waals surface area contributed by atoms with E-state index in [1.807, 2.05) is 6.07 Å². The van der Waals surface area contributed by atoms with Crippen LogP contribution in [0, 0.1) is 0 Å². The van der Waals surface area contributed by atoms with Gasteiger partial charge in [0.25, 0.3) is 0 Å². The van der Waals surface area contributed by atoms with E-state index in [1.165, 1.54) is 4.88 Å². The molecule has 1 aliphatic rings. The first kappa shape index (κ1) is 16.8. The van der Waals surface area contributed by atoms with Crippen LogP contribution >= 0.6 is 55.6 Å². The summed E-state index contributed by atoms with van der Waals surface area (Å²) in [6.07, 6.45) is 0. The van der Waals surface area contributed by atoms with E-state index in [0.717, 1.165) is 40.2 Å². The maximum Gasteiger partial charge on any atom is 0.199 e. The van der Waals surface area contributed by atoms with Crippen LogP contribution in [0.3, 0.4) is 0 Å². The van der Waals surface area contributed by atoms with Crippen LogP contribution in [0.15, 0.2) is 49.6 Å². The zero-order chi connectivity index (χ0) is 13.9. The lowest BCUT2D eigenvalue weighted by Gasteiger charge is -2.26. The molecule has 0 spiro atoms. The average molecular weight is 452 g/mol. The molecule has 2 aromatic rings. The summed E-state index contributed by atoms with van der Waals surface area (Å²) < 4.78 is 2.11. The van der Waals surface area contributed by atoms with E-state index in [0.29, 0.717) is 0 Å². The molecule has 112 valence electrons. The molecule has 0 atom stereocenters. The summed E-state index contributed by atoms with van der Waals surface area (Å²) in [7, 11) is 0. The SMILES string of the molecule is Brc1cccc(Br)c1N(Cc1cccs1)C1=NCCN1.Cl. The predicted molar refractivity (Wildman–Crippen MR) is 99.9 cm³/mol. The van der Waals surface area contributed by atoms with Gasteiger partial charge in [-0.3, -0.25) is 4.99 Å². The molecule has 0 saturated carbocycles. The van der Waals surface area contributed by atoms with Gasteiger partial charge in [-0.2, -0.15) is 0 Å². The third kappa shape index (κ3) is 3.80. The van der Waals surface area contributed by atoms with Crippen LogP contribution in [0.5, 0.6) is 0 Å². The summed E-state index contributed by atoms with van der Waals surface area (Å²) in [5, 5.41) is 5.46. The molecule has 3 nitrogen and oxygen atoms in total. The maximum absolute atomic E-state index is 4.57. The number of nitrogens with zero attached hydrogens (tertiary/aromatic N) is 2. The van der Waals surface area contributed by atoms with Crippen molar-refractivity contribution in [3.8, 4) is 0 Å². The zero-order valence-electron chi connectivity index (χ0n) is 11.1. The lowest BCUT2D eigenvalue weighted by atomic mass is 10.3. The van der Waals surface area contributed by atoms with Crippen LogP contribution in [-0.4, -0.2) is 19.0 Å². The highest BCUT2D eigenvalue weighted by Crippen LogP contribution is 2.35. The second-order valence-corrected chi connectivity index (χ2v) is 7.11. The van der Waals surface area contributed by atoms with Gasteiger partial charge in [-0.25, -0.2) is 0 Å². The Labute approximate surface area is 151 Å². The molecule has 0 bridgehead atoms. The number of guanidine groups is 1. The van der Waals surface area contributed by atoms with Gasteiger partial charge in [0, 0.05) is 20.4 Å². The molecule has 1 N–H and O–H groups in total. The molecule has 3 rings (SSSR count). The van der Waals surface area contributed by atoms with E-state index < -0.39 is 0 Å². The molecule has 0 aliphatic carbocycles. The van der Waals surface area contributed by atoms with Crippen LogP contribution in [0.2, 0.25) is 0 Å². The van der Waals surface area contributed by atoms with Crippen LogP contribution in [0.1, 0.15) is 4.88 Å². The van der Waals surface area contributed by atoms with Crippen molar-refractivity contribution in [2.75, 3.05) is 18.0 Å². The first-order chi connectivity index (χ1) is 9.75. The summed E-state index contributed by atoms with van der Waals surface area (Å²) in [5.41, 5.74) is 1.11. The molecule has 21 heavy (non-hydrogen) atoms. The Kier molecular flexibility index (Phi) is 6.10. The first-order valence-corrected chi connectivity index (χ1v) is 8.74. The number of aliphatic imine (C=N–C) groups is 1. The second kappa shape index (κ2) is 7.63. The Bertz CT molecular complexity index is 611. The lowest BCUT2D eigenvalue weighted by molar-refractivity contribution is 0.928. The summed E-state index contributed by atoms with van der Waals surface area (Å²) in [6, 6.07) is 10.4. The van der Waals surface area contributed by atoms with Crippen LogP contribution in [0.4, 0.5) is 5.69 Å². The van der Waals surface area contributed by atoms with E-state index in [-0.39, 0.29) is 12.4 Å². The van der Waals surface area contributed by atoms with Crippen molar-refractivity contribution in [2.24, 2.45) is 4.99 Å². The van der Waals surface area contributed by atoms with E-state index >= 15 is 0 Å². The van der Waals surface area contributed by atoms with E-state index in [1.54, 1.807) is 11.3 Å². The fourth-order valence-corrected chi connectivity index (χ4v) is 4.25. The second-order valence-electron chi connectivity index (χ2n) is 4.37. The zero-order valence-corrected chi connectivity index (χ0v) is 15.9. The third-order valence-electron chi connectivity index (χ3n) is 3.01. The fourth-order valence-electron chi connectivity index (χ4n) is 2.13. The molecular weight excluding hydrogens is 438 g/mol. The van der Waals surface area contributed by atoms with Crippen molar-refractivity contribution < 1.29 is 0 Å². The van der Waals surface area contributed by atoms with Crippen LogP contribution < -0.4 is 10.2 Å². The van der Waals surface area contributed by atoms with Gasteiger partial charge in [0.1, 0.15) is 0 Å². The Hall–Kier alpha value is -0.560. The quantitative estimate of drug-likeness (QED) is 0.735. The van der Waals surface area contributed by atoms with Crippen molar-refractivity contribution in [3.05, 3.63) is 49.5 Å². The van der Waals surface area contributed by atoms with Crippen molar-refractivity contribution in [3.63, 3.8) is 0 Å². The number of nitrogens with one attached hydrogen (secondary N) is 1. The number of hydrogen-bond acceptors (Lipinski definition) is 4. The minimum absolute atomic E-state index is 0. The summed E-state index contributed by atoms with van der Waals surface area (Å²) >= 11 is 9.06. The maximum atomic E-state index is 4.57. The van der Waals surface area contributed by atoms with Gasteiger partial charge in [-0.05, 0) is 55.4 Å². The molecule has 2 heterocycles. The van der Waals surface area contributed by atoms with E-state index in [2.05, 4.69) is 76.7 Å². The monoisotopic (exact) mass is 449 g/mol. The number of hydrogen-bond donors (Lipinski definition) is 1. The minimum atomic E-state index is 0. The summed E-state index contributed by atoms with van der Waals surface area (Å²) in [4.78, 5) is 8.09.